The topological polar surface area (TPSA) is 91.9 Å². The SMILES string of the molecule is O=Nc1c(=O)n(O)c(O)c2ccccc12. The number of nitroso groups, excluding NO2 is 1. The van der Waals surface area contributed by atoms with Crippen molar-refractivity contribution in [3.05, 3.63) is 39.5 Å². The average molecular weight is 206 g/mol. The van der Waals surface area contributed by atoms with Gasteiger partial charge in [-0.2, -0.15) is 0 Å². The van der Waals surface area contributed by atoms with Gasteiger partial charge in [0.2, 0.25) is 5.88 Å². The molecule has 76 valence electrons. The second kappa shape index (κ2) is 3.09. The van der Waals surface area contributed by atoms with Gasteiger partial charge in [0.25, 0.3) is 0 Å². The Bertz CT molecular complexity index is 603. The number of hydrogen-bond acceptors (Lipinski definition) is 5. The van der Waals surface area contributed by atoms with E-state index in [1.807, 2.05) is 0 Å². The number of rotatable bonds is 1. The molecule has 0 aliphatic heterocycles. The van der Waals surface area contributed by atoms with Gasteiger partial charge in [-0.15, -0.1) is 9.64 Å². The highest BCUT2D eigenvalue weighted by Crippen LogP contribution is 2.28. The van der Waals surface area contributed by atoms with Gasteiger partial charge in [-0.3, -0.25) is 4.79 Å². The highest BCUT2D eigenvalue weighted by Gasteiger charge is 2.15. The number of aromatic nitrogens is 1. The molecule has 1 aromatic carbocycles. The third-order valence-corrected chi connectivity index (χ3v) is 2.11. The molecule has 0 amide bonds. The Labute approximate surface area is 82.9 Å². The van der Waals surface area contributed by atoms with Gasteiger partial charge >= 0.3 is 5.56 Å². The summed E-state index contributed by atoms with van der Waals surface area (Å²) < 4.78 is -0.000926. The van der Waals surface area contributed by atoms with Gasteiger partial charge in [0.05, 0.1) is 0 Å². The van der Waals surface area contributed by atoms with E-state index in [0.29, 0.717) is 0 Å². The standard InChI is InChI=1S/C9H6N2O4/c12-8-6-4-2-1-3-5(6)7(10-14)9(13)11(8)15/h1-4,12,15H. The molecule has 0 fully saturated rings. The van der Waals surface area contributed by atoms with Crippen LogP contribution in [0.3, 0.4) is 0 Å². The third kappa shape index (κ3) is 1.15. The molecular formula is C9H6N2O4. The number of aromatic hydroxyl groups is 1. The quantitative estimate of drug-likeness (QED) is 0.544. The normalized spacial score (nSPS) is 10.4. The molecular weight excluding hydrogens is 200 g/mol. The third-order valence-electron chi connectivity index (χ3n) is 2.11. The molecule has 0 unspecified atom stereocenters. The van der Waals surface area contributed by atoms with Crippen LogP contribution in [0, 0.1) is 4.91 Å². The largest absolute Gasteiger partial charge is 0.492 e. The molecule has 0 radical (unpaired) electrons. The number of hydrogen-bond donors (Lipinski definition) is 2. The van der Waals surface area contributed by atoms with Gasteiger partial charge in [-0.25, -0.2) is 0 Å². The lowest BCUT2D eigenvalue weighted by molar-refractivity contribution is 0.146. The molecule has 2 N–H and O–H groups in total. The van der Waals surface area contributed by atoms with Gasteiger partial charge in [0.15, 0.2) is 5.69 Å². The molecule has 0 aliphatic carbocycles. The van der Waals surface area contributed by atoms with Crippen molar-refractivity contribution >= 4 is 16.5 Å². The summed E-state index contributed by atoms with van der Waals surface area (Å²) in [6.45, 7) is 0. The second-order valence-corrected chi connectivity index (χ2v) is 2.93. The maximum atomic E-state index is 11.3. The number of benzene rings is 1. The molecule has 0 atom stereocenters. The lowest BCUT2D eigenvalue weighted by Crippen LogP contribution is -2.17. The smallest absolute Gasteiger partial charge is 0.316 e. The Morgan fingerprint density at radius 1 is 1.20 bits per heavy atom. The fourth-order valence-corrected chi connectivity index (χ4v) is 1.40. The van der Waals surface area contributed by atoms with Crippen LogP contribution in [0.4, 0.5) is 5.69 Å². The maximum Gasteiger partial charge on any atom is 0.316 e. The van der Waals surface area contributed by atoms with Gasteiger partial charge in [-0.05, 0) is 11.2 Å². The summed E-state index contributed by atoms with van der Waals surface area (Å²) >= 11 is 0. The molecule has 0 bridgehead atoms. The summed E-state index contributed by atoms with van der Waals surface area (Å²) in [7, 11) is 0. The van der Waals surface area contributed by atoms with Crippen LogP contribution in [0.2, 0.25) is 0 Å². The van der Waals surface area contributed by atoms with Crippen molar-refractivity contribution in [3.8, 4) is 5.88 Å². The summed E-state index contributed by atoms with van der Waals surface area (Å²) in [5.41, 5.74) is -1.47. The first-order chi connectivity index (χ1) is 7.16. The van der Waals surface area contributed by atoms with E-state index in [0.717, 1.165) is 0 Å². The van der Waals surface area contributed by atoms with Crippen molar-refractivity contribution in [3.63, 3.8) is 0 Å². The predicted molar refractivity (Wildman–Crippen MR) is 52.5 cm³/mol. The first-order valence-electron chi connectivity index (χ1n) is 4.06. The van der Waals surface area contributed by atoms with Crippen LogP contribution < -0.4 is 5.56 Å². The average Bonchev–Trinajstić information content (AvgIpc) is 2.27. The zero-order valence-corrected chi connectivity index (χ0v) is 7.41. The van der Waals surface area contributed by atoms with Crippen molar-refractivity contribution in [2.45, 2.75) is 0 Å². The summed E-state index contributed by atoms with van der Waals surface area (Å²) in [6.07, 6.45) is 0. The van der Waals surface area contributed by atoms with E-state index >= 15 is 0 Å². The minimum atomic E-state index is -1.04. The van der Waals surface area contributed by atoms with Crippen molar-refractivity contribution in [2.24, 2.45) is 5.18 Å². The van der Waals surface area contributed by atoms with E-state index in [1.165, 1.54) is 12.1 Å². The van der Waals surface area contributed by atoms with E-state index in [-0.39, 0.29) is 15.5 Å². The van der Waals surface area contributed by atoms with E-state index in [1.54, 1.807) is 12.1 Å². The highest BCUT2D eigenvalue weighted by molar-refractivity contribution is 5.94. The fourth-order valence-electron chi connectivity index (χ4n) is 1.40. The van der Waals surface area contributed by atoms with Crippen LogP contribution in [0.25, 0.3) is 10.8 Å². The molecule has 0 saturated heterocycles. The van der Waals surface area contributed by atoms with Crippen LogP contribution in [0.1, 0.15) is 0 Å². The van der Waals surface area contributed by atoms with Crippen molar-refractivity contribution in [1.82, 2.24) is 4.73 Å². The molecule has 0 aliphatic rings. The summed E-state index contributed by atoms with van der Waals surface area (Å²) in [5.74, 6) is -0.608. The second-order valence-electron chi connectivity index (χ2n) is 2.93. The number of pyridine rings is 1. The monoisotopic (exact) mass is 206 g/mol. The van der Waals surface area contributed by atoms with E-state index < -0.39 is 17.1 Å². The first-order valence-corrected chi connectivity index (χ1v) is 4.06. The molecule has 15 heavy (non-hydrogen) atoms. The van der Waals surface area contributed by atoms with Crippen LogP contribution in [0.15, 0.2) is 34.2 Å². The summed E-state index contributed by atoms with van der Waals surface area (Å²) in [6, 6.07) is 6.12. The Morgan fingerprint density at radius 2 is 1.80 bits per heavy atom. The van der Waals surface area contributed by atoms with Crippen LogP contribution in [0.5, 0.6) is 5.88 Å². The van der Waals surface area contributed by atoms with Crippen molar-refractivity contribution < 1.29 is 10.3 Å². The summed E-state index contributed by atoms with van der Waals surface area (Å²) in [5, 5.41) is 21.5. The van der Waals surface area contributed by atoms with Crippen LogP contribution in [-0.4, -0.2) is 15.0 Å². The first kappa shape index (κ1) is 9.20. The minimum Gasteiger partial charge on any atom is -0.492 e. The van der Waals surface area contributed by atoms with E-state index in [4.69, 9.17) is 0 Å². The van der Waals surface area contributed by atoms with Crippen LogP contribution in [-0.2, 0) is 0 Å². The van der Waals surface area contributed by atoms with Gasteiger partial charge in [0, 0.05) is 10.8 Å². The predicted octanol–water partition coefficient (Wildman–Crippen LogP) is 1.34. The van der Waals surface area contributed by atoms with Crippen LogP contribution >= 0.6 is 0 Å². The molecule has 0 saturated carbocycles. The maximum absolute atomic E-state index is 11.3. The number of fused-ring (bicyclic) bond motifs is 1. The number of nitrogens with zero attached hydrogens (tertiary/aromatic N) is 2. The van der Waals surface area contributed by atoms with Crippen molar-refractivity contribution in [1.29, 1.82) is 0 Å². The fraction of sp³-hybridized carbons (Fsp3) is 0. The molecule has 2 rings (SSSR count). The van der Waals surface area contributed by atoms with Gasteiger partial charge in [-0.1, -0.05) is 18.2 Å². The zero-order chi connectivity index (χ0) is 11.0. The molecule has 6 heteroatoms. The Kier molecular flexibility index (Phi) is 1.89. The molecule has 2 aromatic rings. The van der Waals surface area contributed by atoms with Gasteiger partial charge in [0.1, 0.15) is 0 Å². The molecule has 1 heterocycles. The van der Waals surface area contributed by atoms with E-state index in [2.05, 4.69) is 5.18 Å². The Balaban J connectivity index is 3.11. The summed E-state index contributed by atoms with van der Waals surface area (Å²) in [4.78, 5) is 21.7. The molecule has 1 aromatic heterocycles. The Morgan fingerprint density at radius 3 is 2.40 bits per heavy atom. The Hall–Kier alpha value is -2.37. The zero-order valence-electron chi connectivity index (χ0n) is 7.41. The van der Waals surface area contributed by atoms with E-state index in [9.17, 15) is 20.0 Å². The lowest BCUT2D eigenvalue weighted by atomic mass is 10.1. The molecule has 0 spiro atoms. The lowest BCUT2D eigenvalue weighted by Gasteiger charge is -2.05. The minimum absolute atomic E-state index is 0.000926. The van der Waals surface area contributed by atoms with Crippen molar-refractivity contribution in [2.75, 3.05) is 0 Å². The highest BCUT2D eigenvalue weighted by atomic mass is 16.5. The molecule has 6 nitrogen and oxygen atoms in total. The van der Waals surface area contributed by atoms with Gasteiger partial charge < -0.3 is 10.3 Å².